The Balaban J connectivity index is 1.83. The van der Waals surface area contributed by atoms with Gasteiger partial charge >= 0.3 is 5.97 Å². The van der Waals surface area contributed by atoms with Crippen molar-refractivity contribution >= 4 is 17.6 Å². The molecule has 0 aliphatic carbocycles. The second-order valence-electron chi connectivity index (χ2n) is 4.75. The lowest BCUT2D eigenvalue weighted by Gasteiger charge is -2.13. The molecular formula is C17H17ClO3. The van der Waals surface area contributed by atoms with Crippen molar-refractivity contribution in [2.24, 2.45) is 0 Å². The van der Waals surface area contributed by atoms with Gasteiger partial charge in [-0.3, -0.25) is 4.79 Å². The lowest BCUT2D eigenvalue weighted by atomic mass is 9.95. The maximum Gasteiger partial charge on any atom is 0.310 e. The Morgan fingerprint density at radius 1 is 1.10 bits per heavy atom. The van der Waals surface area contributed by atoms with E-state index < -0.39 is 11.9 Å². The number of hydrogen-bond donors (Lipinski definition) is 1. The van der Waals surface area contributed by atoms with E-state index >= 15 is 0 Å². The summed E-state index contributed by atoms with van der Waals surface area (Å²) in [5.41, 5.74) is 0.830. The Hall–Kier alpha value is -2.00. The van der Waals surface area contributed by atoms with E-state index in [0.29, 0.717) is 24.5 Å². The minimum atomic E-state index is -0.798. The maximum absolute atomic E-state index is 11.3. The molecule has 0 aromatic heterocycles. The van der Waals surface area contributed by atoms with Gasteiger partial charge in [0.25, 0.3) is 0 Å². The van der Waals surface area contributed by atoms with Crippen LogP contribution >= 0.6 is 11.6 Å². The van der Waals surface area contributed by atoms with Crippen molar-refractivity contribution in [1.29, 1.82) is 0 Å². The van der Waals surface area contributed by atoms with E-state index in [9.17, 15) is 9.90 Å². The fourth-order valence-corrected chi connectivity index (χ4v) is 2.25. The fourth-order valence-electron chi connectivity index (χ4n) is 2.13. The summed E-state index contributed by atoms with van der Waals surface area (Å²) in [7, 11) is 0. The zero-order chi connectivity index (χ0) is 15.1. The average molecular weight is 305 g/mol. The molecule has 1 atom stereocenters. The van der Waals surface area contributed by atoms with E-state index in [0.717, 1.165) is 11.3 Å². The number of ether oxygens (including phenoxy) is 1. The van der Waals surface area contributed by atoms with Crippen LogP contribution in [0.1, 0.15) is 24.3 Å². The van der Waals surface area contributed by atoms with Crippen LogP contribution in [0.3, 0.4) is 0 Å². The average Bonchev–Trinajstić information content (AvgIpc) is 2.49. The number of aliphatic carboxylic acids is 1. The highest BCUT2D eigenvalue weighted by molar-refractivity contribution is 6.30. The first kappa shape index (κ1) is 15.4. The summed E-state index contributed by atoms with van der Waals surface area (Å²) < 4.78 is 5.58. The summed E-state index contributed by atoms with van der Waals surface area (Å²) in [4.78, 5) is 11.3. The first-order chi connectivity index (χ1) is 10.2. The van der Waals surface area contributed by atoms with Gasteiger partial charge in [-0.1, -0.05) is 41.9 Å². The fraction of sp³-hybridized carbons (Fsp3) is 0.235. The minimum Gasteiger partial charge on any atom is -0.494 e. The SMILES string of the molecule is O=C(O)C(CCCOc1ccc(Cl)cc1)c1ccccc1. The number of carboxylic acid groups (broad SMARTS) is 1. The Labute approximate surface area is 129 Å². The monoisotopic (exact) mass is 304 g/mol. The van der Waals surface area contributed by atoms with E-state index in [-0.39, 0.29) is 0 Å². The molecule has 4 heteroatoms. The zero-order valence-electron chi connectivity index (χ0n) is 11.5. The van der Waals surface area contributed by atoms with Crippen molar-refractivity contribution in [1.82, 2.24) is 0 Å². The van der Waals surface area contributed by atoms with Crippen LogP contribution in [0.5, 0.6) is 5.75 Å². The first-order valence-corrected chi connectivity index (χ1v) is 7.21. The van der Waals surface area contributed by atoms with Gasteiger partial charge in [0.15, 0.2) is 0 Å². The third kappa shape index (κ3) is 4.80. The summed E-state index contributed by atoms with van der Waals surface area (Å²) >= 11 is 5.80. The third-order valence-electron chi connectivity index (χ3n) is 3.22. The second-order valence-corrected chi connectivity index (χ2v) is 5.18. The van der Waals surface area contributed by atoms with Crippen molar-refractivity contribution in [3.8, 4) is 5.75 Å². The van der Waals surface area contributed by atoms with Crippen LogP contribution in [0.25, 0.3) is 0 Å². The molecule has 0 saturated carbocycles. The molecule has 0 heterocycles. The van der Waals surface area contributed by atoms with Crippen LogP contribution in [0.4, 0.5) is 0 Å². The van der Waals surface area contributed by atoms with Crippen LogP contribution in [0.2, 0.25) is 5.02 Å². The van der Waals surface area contributed by atoms with Crippen LogP contribution in [-0.2, 0) is 4.79 Å². The van der Waals surface area contributed by atoms with Gasteiger partial charge in [-0.05, 0) is 42.7 Å². The van der Waals surface area contributed by atoms with E-state index in [1.807, 2.05) is 30.3 Å². The summed E-state index contributed by atoms with van der Waals surface area (Å²) in [6.45, 7) is 0.484. The lowest BCUT2D eigenvalue weighted by molar-refractivity contribution is -0.139. The van der Waals surface area contributed by atoms with Crippen molar-refractivity contribution in [3.05, 3.63) is 65.2 Å². The smallest absolute Gasteiger partial charge is 0.310 e. The molecule has 0 saturated heterocycles. The summed E-state index contributed by atoms with van der Waals surface area (Å²) in [6, 6.07) is 16.4. The van der Waals surface area contributed by atoms with Crippen molar-refractivity contribution < 1.29 is 14.6 Å². The van der Waals surface area contributed by atoms with E-state index in [1.54, 1.807) is 24.3 Å². The van der Waals surface area contributed by atoms with E-state index in [2.05, 4.69) is 0 Å². The van der Waals surface area contributed by atoms with Gasteiger partial charge in [-0.15, -0.1) is 0 Å². The Bertz CT molecular complexity index is 566. The molecule has 1 N–H and O–H groups in total. The van der Waals surface area contributed by atoms with Crippen molar-refractivity contribution in [2.75, 3.05) is 6.61 Å². The number of benzene rings is 2. The molecule has 110 valence electrons. The minimum absolute atomic E-state index is 0.484. The second kappa shape index (κ2) is 7.70. The zero-order valence-corrected chi connectivity index (χ0v) is 12.3. The molecule has 0 amide bonds. The highest BCUT2D eigenvalue weighted by Gasteiger charge is 2.18. The quantitative estimate of drug-likeness (QED) is 0.773. The third-order valence-corrected chi connectivity index (χ3v) is 3.47. The largest absolute Gasteiger partial charge is 0.494 e. The summed E-state index contributed by atoms with van der Waals surface area (Å²) in [6.07, 6.45) is 1.22. The molecule has 2 aromatic rings. The normalized spacial score (nSPS) is 11.9. The maximum atomic E-state index is 11.3. The molecule has 0 aliphatic heterocycles. The van der Waals surface area contributed by atoms with Crippen molar-refractivity contribution in [2.45, 2.75) is 18.8 Å². The molecule has 2 aromatic carbocycles. The molecule has 3 nitrogen and oxygen atoms in total. The van der Waals surface area contributed by atoms with Gasteiger partial charge in [0.2, 0.25) is 0 Å². The first-order valence-electron chi connectivity index (χ1n) is 6.83. The number of carbonyl (C=O) groups is 1. The Morgan fingerprint density at radius 2 is 1.76 bits per heavy atom. The number of carboxylic acids is 1. The molecule has 2 rings (SSSR count). The molecular weight excluding hydrogens is 288 g/mol. The van der Waals surface area contributed by atoms with Crippen molar-refractivity contribution in [3.63, 3.8) is 0 Å². The Morgan fingerprint density at radius 3 is 2.38 bits per heavy atom. The van der Waals surface area contributed by atoms with Crippen LogP contribution in [0, 0.1) is 0 Å². The van der Waals surface area contributed by atoms with Gasteiger partial charge in [0.1, 0.15) is 5.75 Å². The number of rotatable bonds is 7. The standard InChI is InChI=1S/C17H17ClO3/c18-14-8-10-15(11-9-14)21-12-4-7-16(17(19)20)13-5-2-1-3-6-13/h1-3,5-6,8-11,16H,4,7,12H2,(H,19,20). The van der Waals surface area contributed by atoms with Gasteiger partial charge in [-0.25, -0.2) is 0 Å². The molecule has 21 heavy (non-hydrogen) atoms. The van der Waals surface area contributed by atoms with Gasteiger partial charge in [0, 0.05) is 5.02 Å². The highest BCUT2D eigenvalue weighted by atomic mass is 35.5. The highest BCUT2D eigenvalue weighted by Crippen LogP contribution is 2.22. The molecule has 0 spiro atoms. The number of hydrogen-bond acceptors (Lipinski definition) is 2. The Kier molecular flexibility index (Phi) is 5.64. The lowest BCUT2D eigenvalue weighted by Crippen LogP contribution is -2.13. The molecule has 0 aliphatic rings. The molecule has 1 unspecified atom stereocenters. The van der Waals surface area contributed by atoms with Crippen LogP contribution in [0.15, 0.2) is 54.6 Å². The van der Waals surface area contributed by atoms with Gasteiger partial charge < -0.3 is 9.84 Å². The van der Waals surface area contributed by atoms with E-state index in [4.69, 9.17) is 16.3 Å². The van der Waals surface area contributed by atoms with Crippen LogP contribution in [-0.4, -0.2) is 17.7 Å². The van der Waals surface area contributed by atoms with E-state index in [1.165, 1.54) is 0 Å². The number of halogens is 1. The summed E-state index contributed by atoms with van der Waals surface area (Å²) in [5, 5.41) is 9.98. The molecule has 0 bridgehead atoms. The predicted octanol–water partition coefficient (Wildman–Crippen LogP) is 4.37. The molecule has 0 fully saturated rings. The van der Waals surface area contributed by atoms with Gasteiger partial charge in [0.05, 0.1) is 12.5 Å². The summed E-state index contributed by atoms with van der Waals surface area (Å²) in [5.74, 6) is -0.543. The van der Waals surface area contributed by atoms with Crippen LogP contribution < -0.4 is 4.74 Å². The topological polar surface area (TPSA) is 46.5 Å². The predicted molar refractivity (Wildman–Crippen MR) is 83.0 cm³/mol. The molecule has 0 radical (unpaired) electrons. The van der Waals surface area contributed by atoms with Gasteiger partial charge in [-0.2, -0.15) is 0 Å².